The lowest BCUT2D eigenvalue weighted by molar-refractivity contribution is -0.192. The Morgan fingerprint density at radius 1 is 0.800 bits per heavy atom. The predicted molar refractivity (Wildman–Crippen MR) is 125 cm³/mol. The van der Waals surface area contributed by atoms with E-state index in [1.54, 1.807) is 0 Å². The number of alkyl halides is 3. The van der Waals surface area contributed by atoms with Gasteiger partial charge in [0.15, 0.2) is 0 Å². The number of nitrogens with two attached hydrogens (primary N) is 1. The van der Waals surface area contributed by atoms with Gasteiger partial charge in [0, 0.05) is 45.8 Å². The first-order valence-corrected chi connectivity index (χ1v) is 10.9. The fourth-order valence-corrected chi connectivity index (χ4v) is 2.85. The van der Waals surface area contributed by atoms with Crippen LogP contribution in [-0.4, -0.2) is 93.0 Å². The van der Waals surface area contributed by atoms with Gasteiger partial charge >= 0.3 is 12.1 Å². The molecule has 0 bridgehead atoms. The molecule has 1 fully saturated rings. The molecule has 17 heteroatoms. The Hall–Kier alpha value is -3.92. The van der Waals surface area contributed by atoms with Crippen LogP contribution < -0.4 is 31.5 Å². The molecular weight excluding hydrogens is 473 g/mol. The van der Waals surface area contributed by atoms with Gasteiger partial charge < -0.3 is 36.6 Å². The lowest BCUT2D eigenvalue weighted by atomic mass is 10.3. The zero-order chi connectivity index (χ0) is 26.0. The number of hydrogen-bond donors (Lipinski definition) is 5. The van der Waals surface area contributed by atoms with Gasteiger partial charge in [0.2, 0.25) is 35.7 Å². The lowest BCUT2D eigenvalue weighted by Crippen LogP contribution is -2.48. The summed E-state index contributed by atoms with van der Waals surface area (Å²) in [6, 6.07) is 0. The van der Waals surface area contributed by atoms with Crippen LogP contribution in [0.15, 0.2) is 0 Å². The van der Waals surface area contributed by atoms with E-state index in [0.717, 1.165) is 45.8 Å². The number of piperazine rings is 1. The van der Waals surface area contributed by atoms with Crippen molar-refractivity contribution in [2.24, 2.45) is 0 Å². The summed E-state index contributed by atoms with van der Waals surface area (Å²) in [6.45, 7) is 11.2. The van der Waals surface area contributed by atoms with E-state index in [1.165, 1.54) is 0 Å². The molecule has 0 unspecified atom stereocenters. The maximum Gasteiger partial charge on any atom is 0.490 e. The van der Waals surface area contributed by atoms with Gasteiger partial charge in [-0.25, -0.2) is 4.79 Å². The summed E-state index contributed by atoms with van der Waals surface area (Å²) in [5, 5.41) is 16.5. The minimum absolute atomic E-state index is 0.214. The first kappa shape index (κ1) is 27.3. The number of nitrogen functional groups attached to an aromatic ring is 1. The zero-order valence-corrected chi connectivity index (χ0v) is 19.6. The summed E-state index contributed by atoms with van der Waals surface area (Å²) in [5.41, 5.74) is 5.82. The van der Waals surface area contributed by atoms with Crippen LogP contribution in [0.4, 0.5) is 48.9 Å². The molecule has 0 amide bonds. The van der Waals surface area contributed by atoms with Crippen molar-refractivity contribution >= 4 is 41.7 Å². The minimum atomic E-state index is -5.08. The molecule has 194 valence electrons. The quantitative estimate of drug-likeness (QED) is 0.343. The van der Waals surface area contributed by atoms with Crippen molar-refractivity contribution in [1.29, 1.82) is 0 Å². The van der Waals surface area contributed by atoms with Crippen LogP contribution in [0.3, 0.4) is 0 Å². The Morgan fingerprint density at radius 3 is 1.49 bits per heavy atom. The van der Waals surface area contributed by atoms with E-state index in [2.05, 4.69) is 55.7 Å². The monoisotopic (exact) mass is 502 g/mol. The Balaban J connectivity index is 0.000000540. The molecule has 3 heterocycles. The Bertz CT molecular complexity index is 946. The fourth-order valence-electron chi connectivity index (χ4n) is 2.85. The maximum atomic E-state index is 10.6. The summed E-state index contributed by atoms with van der Waals surface area (Å²) in [7, 11) is 0. The van der Waals surface area contributed by atoms with Crippen LogP contribution in [-0.2, 0) is 4.79 Å². The van der Waals surface area contributed by atoms with Crippen molar-refractivity contribution in [2.45, 2.75) is 26.9 Å². The third kappa shape index (κ3) is 8.42. The summed E-state index contributed by atoms with van der Waals surface area (Å²) in [6.07, 6.45) is -5.08. The molecule has 0 aromatic carbocycles. The predicted octanol–water partition coefficient (Wildman–Crippen LogP) is 0.894. The number of rotatable bonds is 8. The maximum absolute atomic E-state index is 10.6. The molecule has 0 spiro atoms. The smallest absolute Gasteiger partial charge is 0.475 e. The molecule has 0 atom stereocenters. The highest BCUT2D eigenvalue weighted by atomic mass is 19.4. The molecular formula is C18H29F3N12O2. The molecule has 1 saturated heterocycles. The van der Waals surface area contributed by atoms with Crippen LogP contribution >= 0.6 is 0 Å². The van der Waals surface area contributed by atoms with Crippen LogP contribution in [0, 0.1) is 0 Å². The van der Waals surface area contributed by atoms with Crippen molar-refractivity contribution in [1.82, 2.24) is 29.9 Å². The number of carbonyl (C=O) groups is 1. The van der Waals surface area contributed by atoms with E-state index in [0.29, 0.717) is 29.7 Å². The number of aliphatic carboxylic acids is 1. The molecule has 2 aromatic rings. The second kappa shape index (κ2) is 12.5. The van der Waals surface area contributed by atoms with Crippen LogP contribution in [0.5, 0.6) is 0 Å². The lowest BCUT2D eigenvalue weighted by Gasteiger charge is -2.34. The first-order chi connectivity index (χ1) is 16.6. The van der Waals surface area contributed by atoms with Gasteiger partial charge in [0.1, 0.15) is 0 Å². The average Bonchev–Trinajstić information content (AvgIpc) is 2.79. The minimum Gasteiger partial charge on any atom is -0.475 e. The van der Waals surface area contributed by atoms with E-state index >= 15 is 0 Å². The summed E-state index contributed by atoms with van der Waals surface area (Å²) in [5.74, 6) is 0.345. The molecule has 2 aromatic heterocycles. The van der Waals surface area contributed by atoms with Crippen LogP contribution in [0.1, 0.15) is 20.8 Å². The van der Waals surface area contributed by atoms with Gasteiger partial charge in [-0.1, -0.05) is 0 Å². The van der Waals surface area contributed by atoms with Crippen molar-refractivity contribution in [3.63, 3.8) is 0 Å². The molecule has 0 saturated carbocycles. The number of anilines is 6. The van der Waals surface area contributed by atoms with E-state index < -0.39 is 12.1 Å². The number of nitrogens with one attached hydrogen (secondary N) is 3. The third-order valence-electron chi connectivity index (χ3n) is 4.36. The molecule has 3 rings (SSSR count). The topological polar surface area (TPSA) is 183 Å². The second-order valence-electron chi connectivity index (χ2n) is 6.97. The van der Waals surface area contributed by atoms with Gasteiger partial charge in [-0.3, -0.25) is 0 Å². The van der Waals surface area contributed by atoms with Gasteiger partial charge in [-0.15, -0.1) is 0 Å². The number of nitrogens with zero attached hydrogens (tertiary/aromatic N) is 8. The second-order valence-corrected chi connectivity index (χ2v) is 6.97. The summed E-state index contributed by atoms with van der Waals surface area (Å²) in [4.78, 5) is 39.4. The van der Waals surface area contributed by atoms with Crippen molar-refractivity contribution in [2.75, 3.05) is 77.3 Å². The number of halogens is 3. The number of hydrogen-bond acceptors (Lipinski definition) is 13. The van der Waals surface area contributed by atoms with Gasteiger partial charge in [-0.05, 0) is 20.8 Å². The highest BCUT2D eigenvalue weighted by Gasteiger charge is 2.38. The van der Waals surface area contributed by atoms with E-state index in [4.69, 9.17) is 15.6 Å². The molecule has 0 radical (unpaired) electrons. The van der Waals surface area contributed by atoms with E-state index in [-0.39, 0.29) is 5.95 Å². The highest BCUT2D eigenvalue weighted by molar-refractivity contribution is 5.73. The zero-order valence-electron chi connectivity index (χ0n) is 19.6. The van der Waals surface area contributed by atoms with E-state index in [1.807, 2.05) is 20.8 Å². The molecule has 1 aliphatic heterocycles. The Labute approximate surface area is 199 Å². The summed E-state index contributed by atoms with van der Waals surface area (Å²) >= 11 is 0. The Morgan fingerprint density at radius 2 is 1.14 bits per heavy atom. The Kier molecular flexibility index (Phi) is 9.77. The van der Waals surface area contributed by atoms with Crippen LogP contribution in [0.25, 0.3) is 0 Å². The standard InChI is InChI=1S/C16H28N12.C2HF3O2/c1-4-18-12-21-11(17)22-15(24-12)27-7-9-28(10-8-27)16-25-13(19-5-2)23-14(26-16)20-6-3;3-2(4,5)1(6)7/h4-10H2,1-3H3,(H3,17,18,21,22,24)(H2,19,20,23,25,26);(H,6,7). The molecule has 14 nitrogen and oxygen atoms in total. The third-order valence-corrected chi connectivity index (χ3v) is 4.36. The number of aromatic nitrogens is 6. The van der Waals surface area contributed by atoms with Gasteiger partial charge in [-0.2, -0.15) is 43.1 Å². The van der Waals surface area contributed by atoms with Gasteiger partial charge in [0.25, 0.3) is 0 Å². The summed E-state index contributed by atoms with van der Waals surface area (Å²) < 4.78 is 31.7. The van der Waals surface area contributed by atoms with Crippen molar-refractivity contribution in [3.05, 3.63) is 0 Å². The van der Waals surface area contributed by atoms with Gasteiger partial charge in [0.05, 0.1) is 0 Å². The van der Waals surface area contributed by atoms with Crippen LogP contribution in [0.2, 0.25) is 0 Å². The molecule has 6 N–H and O–H groups in total. The van der Waals surface area contributed by atoms with Crippen molar-refractivity contribution < 1.29 is 23.1 Å². The van der Waals surface area contributed by atoms with E-state index in [9.17, 15) is 13.2 Å². The normalized spacial score (nSPS) is 13.5. The number of carboxylic acid groups (broad SMARTS) is 1. The average molecular weight is 503 g/mol. The number of carboxylic acids is 1. The fraction of sp³-hybridized carbons (Fsp3) is 0.611. The largest absolute Gasteiger partial charge is 0.490 e. The first-order valence-electron chi connectivity index (χ1n) is 10.9. The SMILES string of the molecule is CCNc1nc(N)nc(N2CCN(c3nc(NCC)nc(NCC)n3)CC2)n1.O=C(O)C(F)(F)F. The highest BCUT2D eigenvalue weighted by Crippen LogP contribution is 2.19. The molecule has 0 aliphatic carbocycles. The molecule has 35 heavy (non-hydrogen) atoms. The molecule has 1 aliphatic rings. The van der Waals surface area contributed by atoms with Crippen molar-refractivity contribution in [3.8, 4) is 0 Å².